The van der Waals surface area contributed by atoms with E-state index in [1.165, 1.54) is 11.3 Å². The van der Waals surface area contributed by atoms with Crippen molar-refractivity contribution < 1.29 is 9.90 Å². The van der Waals surface area contributed by atoms with Crippen LogP contribution >= 0.6 is 11.3 Å². The summed E-state index contributed by atoms with van der Waals surface area (Å²) in [5.74, 6) is 0.507. The Morgan fingerprint density at radius 1 is 1.33 bits per heavy atom. The second-order valence-corrected chi connectivity index (χ2v) is 6.60. The number of likely N-dealkylation sites (tertiary alicyclic amines) is 1. The number of aliphatic hydroxyl groups is 1. The number of carbonyl (C=O) groups excluding carboxylic acids is 1. The number of anilines is 1. The molecule has 0 spiro atoms. The second-order valence-electron chi connectivity index (χ2n) is 5.71. The van der Waals surface area contributed by atoms with Crippen molar-refractivity contribution in [2.45, 2.75) is 25.3 Å². The van der Waals surface area contributed by atoms with Gasteiger partial charge in [-0.05, 0) is 49.7 Å². The molecule has 1 N–H and O–H groups in total. The number of nitrogens with zero attached hydrogens (tertiary/aromatic N) is 3. The highest BCUT2D eigenvalue weighted by Crippen LogP contribution is 2.33. The summed E-state index contributed by atoms with van der Waals surface area (Å²) in [7, 11) is 0. The van der Waals surface area contributed by atoms with Crippen molar-refractivity contribution in [2.24, 2.45) is 5.92 Å². The molecule has 5 nitrogen and oxygen atoms in total. The Morgan fingerprint density at radius 3 is 2.76 bits per heavy atom. The molecular formula is C15H19N3O2S. The van der Waals surface area contributed by atoms with E-state index in [2.05, 4.69) is 11.0 Å². The van der Waals surface area contributed by atoms with E-state index in [0.29, 0.717) is 18.0 Å². The lowest BCUT2D eigenvalue weighted by Crippen LogP contribution is -2.46. The van der Waals surface area contributed by atoms with E-state index in [1.807, 2.05) is 5.38 Å². The van der Waals surface area contributed by atoms with Gasteiger partial charge in [0.1, 0.15) is 11.1 Å². The van der Waals surface area contributed by atoms with Crippen LogP contribution in [0.1, 0.15) is 24.8 Å². The summed E-state index contributed by atoms with van der Waals surface area (Å²) in [6.07, 6.45) is 2.75. The average molecular weight is 305 g/mol. The van der Waals surface area contributed by atoms with E-state index in [0.717, 1.165) is 37.4 Å². The number of rotatable bonds is 3. The number of piperidine rings is 1. The Morgan fingerprint density at radius 2 is 2.10 bits per heavy atom. The van der Waals surface area contributed by atoms with Crippen LogP contribution < -0.4 is 4.90 Å². The molecule has 1 aromatic heterocycles. The Hall–Kier alpha value is -1.42. The van der Waals surface area contributed by atoms with Crippen LogP contribution in [0.2, 0.25) is 0 Å². The zero-order chi connectivity index (χ0) is 14.8. The molecule has 2 fully saturated rings. The molecule has 3 rings (SSSR count). The minimum absolute atomic E-state index is 0.0571. The van der Waals surface area contributed by atoms with Crippen LogP contribution in [-0.4, -0.2) is 48.2 Å². The van der Waals surface area contributed by atoms with Gasteiger partial charge < -0.3 is 10.0 Å². The van der Waals surface area contributed by atoms with Crippen molar-refractivity contribution >= 4 is 22.2 Å². The summed E-state index contributed by atoms with van der Waals surface area (Å²) in [6, 6.07) is 3.87. The number of hydrogen-bond donors (Lipinski definition) is 1. The Labute approximate surface area is 128 Å². The predicted molar refractivity (Wildman–Crippen MR) is 81.2 cm³/mol. The molecule has 1 atom stereocenters. The van der Waals surface area contributed by atoms with E-state index in [-0.39, 0.29) is 18.6 Å². The molecule has 0 aromatic carbocycles. The van der Waals surface area contributed by atoms with Gasteiger partial charge in [-0.2, -0.15) is 5.26 Å². The van der Waals surface area contributed by atoms with E-state index in [9.17, 15) is 9.90 Å². The first-order valence-corrected chi connectivity index (χ1v) is 8.26. The van der Waals surface area contributed by atoms with Crippen molar-refractivity contribution in [3.63, 3.8) is 0 Å². The minimum atomic E-state index is -0.0571. The maximum Gasteiger partial charge on any atom is 0.245 e. The van der Waals surface area contributed by atoms with Gasteiger partial charge in [0.25, 0.3) is 0 Å². The van der Waals surface area contributed by atoms with Gasteiger partial charge in [-0.1, -0.05) is 0 Å². The lowest BCUT2D eigenvalue weighted by molar-refractivity contribution is -0.122. The van der Waals surface area contributed by atoms with E-state index in [1.54, 1.807) is 11.0 Å². The summed E-state index contributed by atoms with van der Waals surface area (Å²) >= 11 is 1.46. The van der Waals surface area contributed by atoms with Gasteiger partial charge in [-0.15, -0.1) is 11.3 Å². The van der Waals surface area contributed by atoms with E-state index in [4.69, 9.17) is 5.26 Å². The number of thiophene rings is 1. The molecule has 2 aliphatic rings. The molecule has 0 bridgehead atoms. The first kappa shape index (κ1) is 14.5. The zero-order valence-corrected chi connectivity index (χ0v) is 12.7. The zero-order valence-electron chi connectivity index (χ0n) is 11.9. The smallest absolute Gasteiger partial charge is 0.245 e. The van der Waals surface area contributed by atoms with Crippen LogP contribution in [0.5, 0.6) is 0 Å². The molecule has 0 aliphatic carbocycles. The molecule has 2 saturated heterocycles. The maximum atomic E-state index is 12.7. The molecule has 1 unspecified atom stereocenters. The number of aliphatic hydroxyl groups excluding tert-OH is 1. The Balaban J connectivity index is 1.69. The van der Waals surface area contributed by atoms with Crippen LogP contribution in [0.4, 0.5) is 5.00 Å². The number of amides is 1. The fourth-order valence-corrected chi connectivity index (χ4v) is 4.13. The average Bonchev–Trinajstić information content (AvgIpc) is 3.13. The summed E-state index contributed by atoms with van der Waals surface area (Å²) < 4.78 is 0. The highest BCUT2D eigenvalue weighted by atomic mass is 32.1. The van der Waals surface area contributed by atoms with Crippen LogP contribution in [-0.2, 0) is 4.79 Å². The van der Waals surface area contributed by atoms with Crippen LogP contribution in [0.15, 0.2) is 11.4 Å². The number of carbonyl (C=O) groups is 1. The van der Waals surface area contributed by atoms with E-state index < -0.39 is 0 Å². The largest absolute Gasteiger partial charge is 0.396 e. The van der Waals surface area contributed by atoms with Gasteiger partial charge in [0.15, 0.2) is 0 Å². The molecule has 2 aliphatic heterocycles. The van der Waals surface area contributed by atoms with Crippen molar-refractivity contribution in [1.29, 1.82) is 5.26 Å². The summed E-state index contributed by atoms with van der Waals surface area (Å²) in [4.78, 5) is 16.7. The SMILES string of the molecule is N#Cc1ccsc1N1CCC(N2CCC(CO)CC2)C1=O. The van der Waals surface area contributed by atoms with Crippen LogP contribution in [0.3, 0.4) is 0 Å². The summed E-state index contributed by atoms with van der Waals surface area (Å²) in [5, 5.41) is 21.0. The van der Waals surface area contributed by atoms with Gasteiger partial charge in [0.05, 0.1) is 11.6 Å². The third kappa shape index (κ3) is 2.69. The molecule has 0 radical (unpaired) electrons. The number of hydrogen-bond acceptors (Lipinski definition) is 5. The first-order valence-electron chi connectivity index (χ1n) is 7.38. The molecule has 1 aromatic rings. The highest BCUT2D eigenvalue weighted by Gasteiger charge is 2.38. The third-order valence-corrected chi connectivity index (χ3v) is 5.47. The Kier molecular flexibility index (Phi) is 4.24. The molecule has 112 valence electrons. The predicted octanol–water partition coefficient (Wildman–Crippen LogP) is 1.43. The van der Waals surface area contributed by atoms with Crippen molar-refractivity contribution in [3.05, 3.63) is 17.0 Å². The number of nitriles is 1. The summed E-state index contributed by atoms with van der Waals surface area (Å²) in [5.41, 5.74) is 0.591. The molecule has 1 amide bonds. The Bertz CT molecular complexity index is 558. The van der Waals surface area contributed by atoms with Crippen LogP contribution in [0, 0.1) is 17.2 Å². The monoisotopic (exact) mass is 305 g/mol. The van der Waals surface area contributed by atoms with Crippen molar-refractivity contribution in [2.75, 3.05) is 31.1 Å². The lowest BCUT2D eigenvalue weighted by atomic mass is 9.96. The van der Waals surface area contributed by atoms with E-state index >= 15 is 0 Å². The highest BCUT2D eigenvalue weighted by molar-refractivity contribution is 7.14. The topological polar surface area (TPSA) is 67.6 Å². The van der Waals surface area contributed by atoms with Gasteiger partial charge >= 0.3 is 0 Å². The first-order chi connectivity index (χ1) is 10.2. The fourth-order valence-electron chi connectivity index (χ4n) is 3.25. The van der Waals surface area contributed by atoms with Crippen LogP contribution in [0.25, 0.3) is 0 Å². The molecule has 0 saturated carbocycles. The van der Waals surface area contributed by atoms with Gasteiger partial charge in [0.2, 0.25) is 5.91 Å². The molecule has 21 heavy (non-hydrogen) atoms. The van der Waals surface area contributed by atoms with Gasteiger partial charge in [-0.25, -0.2) is 0 Å². The molecule has 3 heterocycles. The molecular weight excluding hydrogens is 286 g/mol. The third-order valence-electron chi connectivity index (χ3n) is 4.54. The standard InChI is InChI=1S/C15H19N3O2S/c16-9-12-4-8-21-15(12)18-7-3-13(14(18)20)17-5-1-11(10-19)2-6-17/h4,8,11,13,19H,1-3,5-7,10H2. The second kappa shape index (κ2) is 6.14. The normalized spacial score (nSPS) is 24.5. The minimum Gasteiger partial charge on any atom is -0.396 e. The van der Waals surface area contributed by atoms with Crippen molar-refractivity contribution in [3.8, 4) is 6.07 Å². The summed E-state index contributed by atoms with van der Waals surface area (Å²) in [6.45, 7) is 2.70. The molecule has 6 heteroatoms. The fraction of sp³-hybridized carbons (Fsp3) is 0.600. The van der Waals surface area contributed by atoms with Gasteiger partial charge in [-0.3, -0.25) is 9.69 Å². The maximum absolute atomic E-state index is 12.7. The quantitative estimate of drug-likeness (QED) is 0.917. The lowest BCUT2D eigenvalue weighted by Gasteiger charge is -2.34. The van der Waals surface area contributed by atoms with Crippen molar-refractivity contribution in [1.82, 2.24) is 4.90 Å². The van der Waals surface area contributed by atoms with Gasteiger partial charge in [0, 0.05) is 13.2 Å².